The lowest BCUT2D eigenvalue weighted by atomic mass is 10.1. The maximum Gasteiger partial charge on any atom is 0.136 e. The predicted octanol–water partition coefficient (Wildman–Crippen LogP) is 3.40. The Hall–Kier alpha value is -1.75. The number of hydrogen-bond acceptors (Lipinski definition) is 5. The first kappa shape index (κ1) is 13.7. The molecule has 0 aliphatic carbocycles. The van der Waals surface area contributed by atoms with Crippen molar-refractivity contribution in [3.8, 4) is 27.8 Å². The molecule has 0 saturated heterocycles. The minimum atomic E-state index is 0.699. The van der Waals surface area contributed by atoms with Gasteiger partial charge in [0.1, 0.15) is 22.3 Å². The fourth-order valence-corrected chi connectivity index (χ4v) is 2.71. The number of benzene rings is 1. The quantitative estimate of drug-likeness (QED) is 0.841. The highest BCUT2D eigenvalue weighted by Gasteiger charge is 2.18. The van der Waals surface area contributed by atoms with Crippen molar-refractivity contribution >= 4 is 11.3 Å². The van der Waals surface area contributed by atoms with Gasteiger partial charge in [0, 0.05) is 23.2 Å². The standard InChI is InChI=1S/C14H17NO3S/c1-5-10-8-15-14(19-10)13-11(17-3)6-9(16-2)7-12(13)18-4/h6-8H,5H2,1-4H3. The maximum atomic E-state index is 5.43. The van der Waals surface area contributed by atoms with Gasteiger partial charge in [-0.2, -0.15) is 0 Å². The van der Waals surface area contributed by atoms with Crippen molar-refractivity contribution in [2.24, 2.45) is 0 Å². The molecule has 5 heteroatoms. The lowest BCUT2D eigenvalue weighted by Gasteiger charge is -2.13. The van der Waals surface area contributed by atoms with Crippen LogP contribution >= 0.6 is 11.3 Å². The van der Waals surface area contributed by atoms with E-state index in [9.17, 15) is 0 Å². The van der Waals surface area contributed by atoms with E-state index in [-0.39, 0.29) is 0 Å². The van der Waals surface area contributed by atoms with Crippen LogP contribution in [-0.2, 0) is 6.42 Å². The molecule has 1 aromatic carbocycles. The van der Waals surface area contributed by atoms with Gasteiger partial charge in [0.15, 0.2) is 0 Å². The Bertz CT molecular complexity index is 541. The Labute approximate surface area is 117 Å². The first-order valence-electron chi connectivity index (χ1n) is 5.98. The Morgan fingerprint density at radius 3 is 2.11 bits per heavy atom. The third-order valence-corrected chi connectivity index (χ3v) is 3.99. The van der Waals surface area contributed by atoms with Crippen molar-refractivity contribution < 1.29 is 14.2 Å². The molecule has 2 rings (SSSR count). The van der Waals surface area contributed by atoms with Crippen LogP contribution in [0.4, 0.5) is 0 Å². The van der Waals surface area contributed by atoms with Crippen LogP contribution in [0.5, 0.6) is 17.2 Å². The van der Waals surface area contributed by atoms with E-state index < -0.39 is 0 Å². The lowest BCUT2D eigenvalue weighted by molar-refractivity contribution is 0.377. The van der Waals surface area contributed by atoms with Gasteiger partial charge in [-0.15, -0.1) is 11.3 Å². The van der Waals surface area contributed by atoms with Crippen LogP contribution in [0, 0.1) is 0 Å². The summed E-state index contributed by atoms with van der Waals surface area (Å²) >= 11 is 1.65. The Balaban J connectivity index is 2.59. The number of aryl methyl sites for hydroxylation is 1. The van der Waals surface area contributed by atoms with Gasteiger partial charge >= 0.3 is 0 Å². The summed E-state index contributed by atoms with van der Waals surface area (Å²) in [6.07, 6.45) is 2.86. The highest BCUT2D eigenvalue weighted by atomic mass is 32.1. The van der Waals surface area contributed by atoms with E-state index in [2.05, 4.69) is 11.9 Å². The van der Waals surface area contributed by atoms with E-state index >= 15 is 0 Å². The van der Waals surface area contributed by atoms with Gasteiger partial charge in [-0.05, 0) is 6.42 Å². The summed E-state index contributed by atoms with van der Waals surface area (Å²) in [5.41, 5.74) is 0.871. The maximum absolute atomic E-state index is 5.43. The number of methoxy groups -OCH3 is 3. The summed E-state index contributed by atoms with van der Waals surface area (Å²) in [4.78, 5) is 5.68. The molecule has 0 atom stereocenters. The van der Waals surface area contributed by atoms with E-state index in [0.717, 1.165) is 17.0 Å². The molecule has 19 heavy (non-hydrogen) atoms. The fourth-order valence-electron chi connectivity index (χ4n) is 1.80. The van der Waals surface area contributed by atoms with Gasteiger partial charge in [-0.25, -0.2) is 4.98 Å². The molecule has 102 valence electrons. The van der Waals surface area contributed by atoms with Crippen molar-refractivity contribution in [1.82, 2.24) is 4.98 Å². The average Bonchev–Trinajstić information content (AvgIpc) is 2.94. The number of ether oxygens (including phenoxy) is 3. The van der Waals surface area contributed by atoms with Crippen molar-refractivity contribution in [2.75, 3.05) is 21.3 Å². The number of rotatable bonds is 5. The van der Waals surface area contributed by atoms with Crippen LogP contribution in [0.25, 0.3) is 10.6 Å². The summed E-state index contributed by atoms with van der Waals surface area (Å²) in [5, 5.41) is 0.896. The summed E-state index contributed by atoms with van der Waals surface area (Å²) in [6, 6.07) is 3.68. The molecule has 0 amide bonds. The summed E-state index contributed by atoms with van der Waals surface area (Å²) in [5.74, 6) is 2.10. The molecule has 0 bridgehead atoms. The zero-order valence-electron chi connectivity index (χ0n) is 11.5. The predicted molar refractivity (Wildman–Crippen MR) is 76.6 cm³/mol. The number of aromatic nitrogens is 1. The molecular weight excluding hydrogens is 262 g/mol. The van der Waals surface area contributed by atoms with Crippen LogP contribution in [0.1, 0.15) is 11.8 Å². The third kappa shape index (κ3) is 2.66. The second-order valence-corrected chi connectivity index (χ2v) is 5.01. The number of thiazole rings is 1. The second kappa shape index (κ2) is 5.93. The van der Waals surface area contributed by atoms with Crippen molar-refractivity contribution in [2.45, 2.75) is 13.3 Å². The van der Waals surface area contributed by atoms with Crippen LogP contribution in [0.2, 0.25) is 0 Å². The van der Waals surface area contributed by atoms with E-state index in [1.54, 1.807) is 32.7 Å². The Morgan fingerprint density at radius 2 is 1.68 bits per heavy atom. The average molecular weight is 279 g/mol. The topological polar surface area (TPSA) is 40.6 Å². The van der Waals surface area contributed by atoms with Gasteiger partial charge in [0.25, 0.3) is 0 Å². The Kier molecular flexibility index (Phi) is 4.27. The highest BCUT2D eigenvalue weighted by molar-refractivity contribution is 7.15. The molecular formula is C14H17NO3S. The molecule has 0 saturated carbocycles. The third-order valence-electron chi connectivity index (χ3n) is 2.83. The van der Waals surface area contributed by atoms with Crippen LogP contribution in [0.15, 0.2) is 18.3 Å². The zero-order valence-corrected chi connectivity index (χ0v) is 12.3. The smallest absolute Gasteiger partial charge is 0.136 e. The van der Waals surface area contributed by atoms with Gasteiger partial charge in [-0.1, -0.05) is 6.92 Å². The molecule has 2 aromatic rings. The molecule has 0 radical (unpaired) electrons. The van der Waals surface area contributed by atoms with Crippen molar-refractivity contribution in [1.29, 1.82) is 0 Å². The Morgan fingerprint density at radius 1 is 1.05 bits per heavy atom. The SMILES string of the molecule is CCc1cnc(-c2c(OC)cc(OC)cc2OC)s1. The van der Waals surface area contributed by atoms with Crippen LogP contribution in [0.3, 0.4) is 0 Å². The second-order valence-electron chi connectivity index (χ2n) is 3.89. The summed E-state index contributed by atoms with van der Waals surface area (Å²) < 4.78 is 16.1. The van der Waals surface area contributed by atoms with Crippen LogP contribution in [-0.4, -0.2) is 26.3 Å². The first-order chi connectivity index (χ1) is 9.23. The molecule has 0 fully saturated rings. The van der Waals surface area contributed by atoms with E-state index in [1.807, 2.05) is 18.3 Å². The van der Waals surface area contributed by atoms with E-state index in [0.29, 0.717) is 17.2 Å². The molecule has 0 unspecified atom stereocenters. The minimum Gasteiger partial charge on any atom is -0.496 e. The summed E-state index contributed by atoms with van der Waals surface area (Å²) in [6.45, 7) is 2.11. The molecule has 0 aliphatic heterocycles. The summed E-state index contributed by atoms with van der Waals surface area (Å²) in [7, 11) is 4.88. The normalized spacial score (nSPS) is 10.3. The van der Waals surface area contributed by atoms with E-state index in [4.69, 9.17) is 14.2 Å². The largest absolute Gasteiger partial charge is 0.496 e. The molecule has 1 heterocycles. The molecule has 0 spiro atoms. The molecule has 0 N–H and O–H groups in total. The van der Waals surface area contributed by atoms with Crippen molar-refractivity contribution in [3.05, 3.63) is 23.2 Å². The zero-order chi connectivity index (χ0) is 13.8. The van der Waals surface area contributed by atoms with Crippen LogP contribution < -0.4 is 14.2 Å². The monoisotopic (exact) mass is 279 g/mol. The molecule has 1 aromatic heterocycles. The van der Waals surface area contributed by atoms with Gasteiger partial charge in [0.2, 0.25) is 0 Å². The van der Waals surface area contributed by atoms with Crippen molar-refractivity contribution in [3.63, 3.8) is 0 Å². The minimum absolute atomic E-state index is 0.699. The van der Waals surface area contributed by atoms with E-state index in [1.165, 1.54) is 4.88 Å². The molecule has 4 nitrogen and oxygen atoms in total. The first-order valence-corrected chi connectivity index (χ1v) is 6.80. The van der Waals surface area contributed by atoms with Gasteiger partial charge in [0.05, 0.1) is 26.9 Å². The molecule has 0 aliphatic rings. The number of nitrogens with zero attached hydrogens (tertiary/aromatic N) is 1. The van der Waals surface area contributed by atoms with Gasteiger partial charge < -0.3 is 14.2 Å². The fraction of sp³-hybridized carbons (Fsp3) is 0.357. The van der Waals surface area contributed by atoms with Gasteiger partial charge in [-0.3, -0.25) is 0 Å². The number of hydrogen-bond donors (Lipinski definition) is 0. The highest BCUT2D eigenvalue weighted by Crippen LogP contribution is 2.43. The lowest BCUT2D eigenvalue weighted by Crippen LogP contribution is -1.94.